The quantitative estimate of drug-likeness (QED) is 0.812. The van der Waals surface area contributed by atoms with Crippen LogP contribution in [0.25, 0.3) is 0 Å². The summed E-state index contributed by atoms with van der Waals surface area (Å²) in [5, 5.41) is 0. The third kappa shape index (κ3) is 3.33. The first-order valence-electron chi connectivity index (χ1n) is 5.07. The molecule has 0 radical (unpaired) electrons. The molecular weight excluding hydrogens is 422 g/mol. The van der Waals surface area contributed by atoms with Crippen molar-refractivity contribution >= 4 is 47.6 Å². The van der Waals surface area contributed by atoms with Gasteiger partial charge in [-0.25, -0.2) is 17.2 Å². The van der Waals surface area contributed by atoms with Crippen LogP contribution >= 0.6 is 31.9 Å². The maximum atomic E-state index is 13.6. The number of anilines is 1. The van der Waals surface area contributed by atoms with Crippen molar-refractivity contribution in [2.24, 2.45) is 0 Å². The second-order valence-corrected chi connectivity index (χ2v) is 7.20. The summed E-state index contributed by atoms with van der Waals surface area (Å²) in [6.07, 6.45) is 2.46. The fourth-order valence-electron chi connectivity index (χ4n) is 1.37. The van der Waals surface area contributed by atoms with Gasteiger partial charge in [-0.3, -0.25) is 9.71 Å². The SMILES string of the molecule is O=S(=O)(Nc1c(F)cc(Br)cc1F)c1cncc(Br)c1. The Kier molecular flexibility index (Phi) is 4.40. The van der Waals surface area contributed by atoms with Gasteiger partial charge in [0.05, 0.1) is 0 Å². The molecule has 0 spiro atoms. The molecule has 0 fully saturated rings. The number of sulfonamides is 1. The van der Waals surface area contributed by atoms with E-state index in [4.69, 9.17) is 0 Å². The highest BCUT2D eigenvalue weighted by Gasteiger charge is 2.20. The molecule has 0 aliphatic rings. The van der Waals surface area contributed by atoms with Crippen molar-refractivity contribution in [3.8, 4) is 0 Å². The molecule has 0 aliphatic carbocycles. The van der Waals surface area contributed by atoms with Crippen LogP contribution in [-0.4, -0.2) is 13.4 Å². The molecule has 1 aromatic carbocycles. The normalized spacial score (nSPS) is 11.4. The van der Waals surface area contributed by atoms with E-state index in [1.807, 2.05) is 4.72 Å². The highest BCUT2D eigenvalue weighted by Crippen LogP contribution is 2.26. The minimum Gasteiger partial charge on any atom is -0.274 e. The summed E-state index contributed by atoms with van der Waals surface area (Å²) in [5.74, 6) is -2.05. The molecule has 1 N–H and O–H groups in total. The van der Waals surface area contributed by atoms with Crippen molar-refractivity contribution in [1.82, 2.24) is 4.98 Å². The van der Waals surface area contributed by atoms with Crippen LogP contribution in [0.2, 0.25) is 0 Å². The Morgan fingerprint density at radius 2 is 1.60 bits per heavy atom. The summed E-state index contributed by atoms with van der Waals surface area (Å²) in [5.41, 5.74) is -0.742. The van der Waals surface area contributed by atoms with Crippen LogP contribution in [0, 0.1) is 11.6 Å². The molecule has 0 atom stereocenters. The molecule has 0 amide bonds. The Morgan fingerprint density at radius 3 is 2.15 bits per heavy atom. The highest BCUT2D eigenvalue weighted by atomic mass is 79.9. The van der Waals surface area contributed by atoms with Crippen molar-refractivity contribution in [3.05, 3.63) is 51.2 Å². The van der Waals surface area contributed by atoms with E-state index in [9.17, 15) is 17.2 Å². The van der Waals surface area contributed by atoms with Gasteiger partial charge in [0.25, 0.3) is 10.0 Å². The summed E-state index contributed by atoms with van der Waals surface area (Å²) in [7, 11) is -4.13. The van der Waals surface area contributed by atoms with Crippen LogP contribution in [0.15, 0.2) is 44.4 Å². The number of aromatic nitrogens is 1. The Hall–Kier alpha value is -1.06. The maximum Gasteiger partial charge on any atom is 0.263 e. The van der Waals surface area contributed by atoms with Crippen LogP contribution in [-0.2, 0) is 10.0 Å². The summed E-state index contributed by atoms with van der Waals surface area (Å²) in [6, 6.07) is 3.18. The van der Waals surface area contributed by atoms with Crippen molar-refractivity contribution in [2.45, 2.75) is 4.90 Å². The summed E-state index contributed by atoms with van der Waals surface area (Å²) in [4.78, 5) is 3.48. The lowest BCUT2D eigenvalue weighted by atomic mass is 10.3. The number of hydrogen-bond donors (Lipinski definition) is 1. The van der Waals surface area contributed by atoms with Crippen LogP contribution in [0.4, 0.5) is 14.5 Å². The van der Waals surface area contributed by atoms with Crippen LogP contribution in [0.3, 0.4) is 0 Å². The first-order valence-corrected chi connectivity index (χ1v) is 8.14. The Morgan fingerprint density at radius 1 is 1.00 bits per heavy atom. The fourth-order valence-corrected chi connectivity index (χ4v) is 3.35. The van der Waals surface area contributed by atoms with E-state index < -0.39 is 27.3 Å². The molecule has 4 nitrogen and oxygen atoms in total. The van der Waals surface area contributed by atoms with Gasteiger partial charge in [0, 0.05) is 21.3 Å². The molecule has 0 unspecified atom stereocenters. The lowest BCUT2D eigenvalue weighted by molar-refractivity contribution is 0.581. The van der Waals surface area contributed by atoms with Crippen LogP contribution in [0.1, 0.15) is 0 Å². The number of halogens is 4. The standard InChI is InChI=1S/C11H6Br2F2N2O2S/c12-6-2-9(14)11(10(15)3-6)17-20(18,19)8-1-7(13)4-16-5-8/h1-5,17H. The Labute approximate surface area is 130 Å². The lowest BCUT2D eigenvalue weighted by Gasteiger charge is -2.10. The van der Waals surface area contributed by atoms with E-state index in [2.05, 4.69) is 36.8 Å². The predicted octanol–water partition coefficient (Wildman–Crippen LogP) is 3.69. The van der Waals surface area contributed by atoms with Gasteiger partial charge in [0.1, 0.15) is 10.6 Å². The van der Waals surface area contributed by atoms with E-state index in [1.54, 1.807) is 0 Å². The van der Waals surface area contributed by atoms with Gasteiger partial charge >= 0.3 is 0 Å². The molecule has 2 rings (SSSR count). The number of nitrogens with one attached hydrogen (secondary N) is 1. The fraction of sp³-hybridized carbons (Fsp3) is 0. The minimum atomic E-state index is -4.13. The summed E-state index contributed by atoms with van der Waals surface area (Å²) < 4.78 is 53.7. The summed E-state index contributed by atoms with van der Waals surface area (Å²) >= 11 is 5.98. The third-order valence-corrected chi connectivity index (χ3v) is 4.44. The molecule has 1 aromatic heterocycles. The minimum absolute atomic E-state index is 0.166. The van der Waals surface area contributed by atoms with E-state index in [0.717, 1.165) is 18.3 Å². The molecule has 20 heavy (non-hydrogen) atoms. The summed E-state index contributed by atoms with van der Waals surface area (Å²) in [6.45, 7) is 0. The maximum absolute atomic E-state index is 13.6. The average molecular weight is 428 g/mol. The monoisotopic (exact) mass is 426 g/mol. The van der Waals surface area contributed by atoms with Crippen molar-refractivity contribution in [3.63, 3.8) is 0 Å². The number of nitrogens with zero attached hydrogens (tertiary/aromatic N) is 1. The number of hydrogen-bond acceptors (Lipinski definition) is 3. The Balaban J connectivity index is 2.44. The molecule has 2 aromatic rings. The molecule has 9 heteroatoms. The van der Waals surface area contributed by atoms with Crippen molar-refractivity contribution in [2.75, 3.05) is 4.72 Å². The second kappa shape index (κ2) is 5.74. The molecule has 1 heterocycles. The Bertz CT molecular complexity index is 746. The average Bonchev–Trinajstić information content (AvgIpc) is 2.34. The molecule has 0 bridgehead atoms. The predicted molar refractivity (Wildman–Crippen MR) is 76.8 cm³/mol. The zero-order chi connectivity index (χ0) is 14.9. The van der Waals surface area contributed by atoms with E-state index in [-0.39, 0.29) is 9.37 Å². The molecule has 0 saturated carbocycles. The largest absolute Gasteiger partial charge is 0.274 e. The molecule has 0 saturated heterocycles. The van der Waals surface area contributed by atoms with E-state index >= 15 is 0 Å². The van der Waals surface area contributed by atoms with Crippen LogP contribution < -0.4 is 4.72 Å². The van der Waals surface area contributed by atoms with Crippen LogP contribution in [0.5, 0.6) is 0 Å². The van der Waals surface area contributed by atoms with Gasteiger partial charge in [-0.15, -0.1) is 0 Å². The van der Waals surface area contributed by atoms with Gasteiger partial charge in [0.2, 0.25) is 0 Å². The van der Waals surface area contributed by atoms with Gasteiger partial charge < -0.3 is 0 Å². The number of benzene rings is 1. The number of rotatable bonds is 3. The third-order valence-electron chi connectivity index (χ3n) is 2.23. The van der Waals surface area contributed by atoms with Gasteiger partial charge in [-0.1, -0.05) is 15.9 Å². The van der Waals surface area contributed by atoms with E-state index in [1.165, 1.54) is 12.3 Å². The highest BCUT2D eigenvalue weighted by molar-refractivity contribution is 9.10. The topological polar surface area (TPSA) is 59.1 Å². The molecular formula is C11H6Br2F2N2O2S. The lowest BCUT2D eigenvalue weighted by Crippen LogP contribution is -2.15. The van der Waals surface area contributed by atoms with Gasteiger partial charge in [-0.2, -0.15) is 0 Å². The zero-order valence-electron chi connectivity index (χ0n) is 9.57. The molecule has 0 aliphatic heterocycles. The van der Waals surface area contributed by atoms with Crippen molar-refractivity contribution in [1.29, 1.82) is 0 Å². The zero-order valence-corrected chi connectivity index (χ0v) is 13.6. The van der Waals surface area contributed by atoms with Gasteiger partial charge in [-0.05, 0) is 34.1 Å². The van der Waals surface area contributed by atoms with Gasteiger partial charge in [0.15, 0.2) is 11.6 Å². The smallest absolute Gasteiger partial charge is 0.263 e. The first-order chi connectivity index (χ1) is 9.29. The second-order valence-electron chi connectivity index (χ2n) is 3.69. The van der Waals surface area contributed by atoms with Crippen molar-refractivity contribution < 1.29 is 17.2 Å². The first kappa shape index (κ1) is 15.3. The molecule has 106 valence electrons. The van der Waals surface area contributed by atoms with E-state index in [0.29, 0.717) is 4.47 Å². The number of pyridine rings is 1.